The molecule has 1 atom stereocenters. The average molecular weight is 304 g/mol. The van der Waals surface area contributed by atoms with Crippen LogP contribution in [-0.4, -0.2) is 16.8 Å². The van der Waals surface area contributed by atoms with E-state index in [2.05, 4.69) is 42.0 Å². The molecule has 2 nitrogen and oxygen atoms in total. The van der Waals surface area contributed by atoms with Gasteiger partial charge in [0, 0.05) is 6.04 Å². The molecular formula is C14H26BrNO. The summed E-state index contributed by atoms with van der Waals surface area (Å²) in [6, 6.07) is 0.411. The zero-order valence-electron chi connectivity index (χ0n) is 11.3. The van der Waals surface area contributed by atoms with Crippen molar-refractivity contribution in [2.75, 3.05) is 0 Å². The highest BCUT2D eigenvalue weighted by molar-refractivity contribution is 9.10. The van der Waals surface area contributed by atoms with Crippen LogP contribution in [0.3, 0.4) is 0 Å². The molecule has 0 aromatic carbocycles. The Morgan fingerprint density at radius 3 is 2.35 bits per heavy atom. The maximum absolute atomic E-state index is 11.9. The van der Waals surface area contributed by atoms with Crippen LogP contribution in [0.5, 0.6) is 0 Å². The van der Waals surface area contributed by atoms with Gasteiger partial charge in [-0.05, 0) is 37.5 Å². The van der Waals surface area contributed by atoms with E-state index in [1.807, 2.05) is 0 Å². The van der Waals surface area contributed by atoms with Gasteiger partial charge >= 0.3 is 0 Å². The molecule has 17 heavy (non-hydrogen) atoms. The lowest BCUT2D eigenvalue weighted by molar-refractivity contribution is -0.122. The Kier molecular flexibility index (Phi) is 6.53. The molecule has 1 saturated carbocycles. The summed E-state index contributed by atoms with van der Waals surface area (Å²) in [5, 5.41) is 3.18. The fourth-order valence-electron chi connectivity index (χ4n) is 2.59. The molecule has 0 bridgehead atoms. The molecule has 1 unspecified atom stereocenters. The van der Waals surface area contributed by atoms with Gasteiger partial charge in [0.15, 0.2) is 0 Å². The average Bonchev–Trinajstić information content (AvgIpc) is 2.30. The highest BCUT2D eigenvalue weighted by Gasteiger charge is 2.25. The lowest BCUT2D eigenvalue weighted by atomic mass is 9.83. The standard InChI is InChI=1S/C14H26BrNO/c1-4-5-11-6-8-12(9-7-11)16-14(17)13(15)10(2)3/h10-13H,4-9H2,1-3H3,(H,16,17). The highest BCUT2D eigenvalue weighted by Crippen LogP contribution is 2.28. The third-order valence-electron chi connectivity index (χ3n) is 3.73. The van der Waals surface area contributed by atoms with Crippen molar-refractivity contribution in [3.05, 3.63) is 0 Å². The Hall–Kier alpha value is -0.0500. The smallest absolute Gasteiger partial charge is 0.234 e. The molecule has 0 aliphatic heterocycles. The van der Waals surface area contributed by atoms with E-state index in [0.29, 0.717) is 12.0 Å². The Morgan fingerprint density at radius 1 is 1.29 bits per heavy atom. The van der Waals surface area contributed by atoms with E-state index in [9.17, 15) is 4.79 Å². The predicted octanol–water partition coefficient (Wildman–Crippen LogP) is 3.88. The topological polar surface area (TPSA) is 29.1 Å². The molecule has 3 heteroatoms. The van der Waals surface area contributed by atoms with Crippen molar-refractivity contribution < 1.29 is 4.79 Å². The van der Waals surface area contributed by atoms with Gasteiger partial charge in [0.25, 0.3) is 0 Å². The van der Waals surface area contributed by atoms with Crippen molar-refractivity contribution in [2.24, 2.45) is 11.8 Å². The van der Waals surface area contributed by atoms with Crippen LogP contribution in [0.15, 0.2) is 0 Å². The van der Waals surface area contributed by atoms with Crippen LogP contribution in [0, 0.1) is 11.8 Å². The van der Waals surface area contributed by atoms with Gasteiger partial charge < -0.3 is 5.32 Å². The van der Waals surface area contributed by atoms with E-state index < -0.39 is 0 Å². The van der Waals surface area contributed by atoms with Crippen LogP contribution in [0.4, 0.5) is 0 Å². The molecule has 1 amide bonds. The van der Waals surface area contributed by atoms with Gasteiger partial charge in [0.2, 0.25) is 5.91 Å². The first-order valence-corrected chi connectivity index (χ1v) is 7.90. The normalized spacial score (nSPS) is 26.9. The van der Waals surface area contributed by atoms with Crippen LogP contribution in [0.2, 0.25) is 0 Å². The summed E-state index contributed by atoms with van der Waals surface area (Å²) in [6.45, 7) is 6.39. The van der Waals surface area contributed by atoms with E-state index in [0.717, 1.165) is 18.8 Å². The van der Waals surface area contributed by atoms with E-state index >= 15 is 0 Å². The van der Waals surface area contributed by atoms with Gasteiger partial charge in [-0.25, -0.2) is 0 Å². The summed E-state index contributed by atoms with van der Waals surface area (Å²) >= 11 is 3.46. The van der Waals surface area contributed by atoms with Gasteiger partial charge in [0.1, 0.15) is 0 Å². The largest absolute Gasteiger partial charge is 0.352 e. The number of rotatable bonds is 5. The van der Waals surface area contributed by atoms with Crippen LogP contribution < -0.4 is 5.32 Å². The number of carbonyl (C=O) groups excluding carboxylic acids is 1. The molecule has 1 fully saturated rings. The van der Waals surface area contributed by atoms with Crippen molar-refractivity contribution in [1.82, 2.24) is 5.32 Å². The van der Waals surface area contributed by atoms with E-state index in [4.69, 9.17) is 0 Å². The first-order valence-electron chi connectivity index (χ1n) is 6.99. The quantitative estimate of drug-likeness (QED) is 0.767. The zero-order valence-corrected chi connectivity index (χ0v) is 12.9. The number of hydrogen-bond acceptors (Lipinski definition) is 1. The number of hydrogen-bond donors (Lipinski definition) is 1. The van der Waals surface area contributed by atoms with Crippen molar-refractivity contribution in [3.8, 4) is 0 Å². The molecule has 1 aliphatic rings. The maximum atomic E-state index is 11.9. The molecule has 0 heterocycles. The molecule has 0 saturated heterocycles. The minimum atomic E-state index is -0.0455. The molecule has 0 aromatic heterocycles. The van der Waals surface area contributed by atoms with E-state index in [1.54, 1.807) is 0 Å². The maximum Gasteiger partial charge on any atom is 0.234 e. The molecule has 0 spiro atoms. The second-order valence-corrected chi connectivity index (χ2v) is 6.65. The van der Waals surface area contributed by atoms with Gasteiger partial charge in [-0.3, -0.25) is 4.79 Å². The monoisotopic (exact) mass is 303 g/mol. The van der Waals surface area contributed by atoms with E-state index in [1.165, 1.54) is 25.7 Å². The van der Waals surface area contributed by atoms with Crippen molar-refractivity contribution >= 4 is 21.8 Å². The minimum Gasteiger partial charge on any atom is -0.352 e. The summed E-state index contributed by atoms with van der Waals surface area (Å²) in [5.74, 6) is 1.42. The first kappa shape index (κ1) is 15.0. The zero-order chi connectivity index (χ0) is 12.8. The van der Waals surface area contributed by atoms with Crippen LogP contribution in [0.25, 0.3) is 0 Å². The summed E-state index contributed by atoms with van der Waals surface area (Å²) in [6.07, 6.45) is 7.54. The number of amides is 1. The lowest BCUT2D eigenvalue weighted by Crippen LogP contribution is -2.42. The van der Waals surface area contributed by atoms with Crippen molar-refractivity contribution in [1.29, 1.82) is 0 Å². The lowest BCUT2D eigenvalue weighted by Gasteiger charge is -2.30. The first-order chi connectivity index (χ1) is 8.04. The van der Waals surface area contributed by atoms with Gasteiger partial charge in [-0.15, -0.1) is 0 Å². The fourth-order valence-corrected chi connectivity index (χ4v) is 2.72. The van der Waals surface area contributed by atoms with Gasteiger partial charge in [0.05, 0.1) is 4.83 Å². The van der Waals surface area contributed by atoms with E-state index in [-0.39, 0.29) is 10.7 Å². The summed E-state index contributed by atoms with van der Waals surface area (Å²) in [7, 11) is 0. The van der Waals surface area contributed by atoms with Crippen LogP contribution in [-0.2, 0) is 4.79 Å². The highest BCUT2D eigenvalue weighted by atomic mass is 79.9. The fraction of sp³-hybridized carbons (Fsp3) is 0.929. The summed E-state index contributed by atoms with van der Waals surface area (Å²) < 4.78 is 0. The minimum absolute atomic E-state index is 0.0455. The third-order valence-corrected chi connectivity index (χ3v) is 5.20. The molecule has 1 aliphatic carbocycles. The molecule has 0 radical (unpaired) electrons. The Labute approximate surface area is 114 Å². The number of halogens is 1. The second-order valence-electron chi connectivity index (χ2n) is 5.66. The number of alkyl halides is 1. The number of nitrogens with one attached hydrogen (secondary N) is 1. The molecular weight excluding hydrogens is 278 g/mol. The van der Waals surface area contributed by atoms with Gasteiger partial charge in [-0.2, -0.15) is 0 Å². The molecule has 0 aromatic rings. The number of carbonyl (C=O) groups is 1. The van der Waals surface area contributed by atoms with Crippen LogP contribution in [0.1, 0.15) is 59.3 Å². The summed E-state index contributed by atoms with van der Waals surface area (Å²) in [5.41, 5.74) is 0. The third kappa shape index (κ3) is 4.99. The predicted molar refractivity (Wildman–Crippen MR) is 76.3 cm³/mol. The molecule has 1 rings (SSSR count). The Balaban J connectivity index is 2.28. The molecule has 100 valence electrons. The SMILES string of the molecule is CCCC1CCC(NC(=O)C(Br)C(C)C)CC1. The van der Waals surface area contributed by atoms with Gasteiger partial charge in [-0.1, -0.05) is 49.5 Å². The Bertz CT molecular complexity index is 234. The van der Waals surface area contributed by atoms with Crippen molar-refractivity contribution in [3.63, 3.8) is 0 Å². The summed E-state index contributed by atoms with van der Waals surface area (Å²) in [4.78, 5) is 11.9. The second kappa shape index (κ2) is 7.40. The molecule has 1 N–H and O–H groups in total. The van der Waals surface area contributed by atoms with Crippen LogP contribution >= 0.6 is 15.9 Å². The Morgan fingerprint density at radius 2 is 1.88 bits per heavy atom. The van der Waals surface area contributed by atoms with Crippen molar-refractivity contribution in [2.45, 2.75) is 70.2 Å².